The number of para-hydroxylation sites is 1. The number of benzene rings is 1. The number of carbonyl (C=O) groups is 1. The molecule has 23 heavy (non-hydrogen) atoms. The van der Waals surface area contributed by atoms with E-state index in [9.17, 15) is 13.2 Å². The van der Waals surface area contributed by atoms with Crippen molar-refractivity contribution in [1.29, 1.82) is 0 Å². The third-order valence-corrected chi connectivity index (χ3v) is 6.78. The Hall–Kier alpha value is -1.70. The van der Waals surface area contributed by atoms with E-state index in [0.29, 0.717) is 18.8 Å². The molecule has 122 valence electrons. The number of carbonyl (C=O) groups excluding carboxylic acids is 1. The van der Waals surface area contributed by atoms with Crippen molar-refractivity contribution in [2.45, 2.75) is 24.2 Å². The number of hydrogen-bond acceptors (Lipinski definition) is 4. The molecule has 7 heteroatoms. The van der Waals surface area contributed by atoms with Gasteiger partial charge < -0.3 is 5.32 Å². The lowest BCUT2D eigenvalue weighted by atomic mass is 10.2. The molecule has 1 fully saturated rings. The highest BCUT2D eigenvalue weighted by atomic mass is 32.2. The first kappa shape index (κ1) is 16.2. The minimum atomic E-state index is -3.60. The van der Waals surface area contributed by atoms with Gasteiger partial charge in [0.25, 0.3) is 5.91 Å². The molecule has 1 aliphatic heterocycles. The summed E-state index contributed by atoms with van der Waals surface area (Å²) in [5.41, 5.74) is 0.646. The third-order valence-electron chi connectivity index (χ3n) is 3.80. The molecule has 0 aliphatic carbocycles. The molecule has 0 unspecified atom stereocenters. The quantitative estimate of drug-likeness (QED) is 0.921. The van der Waals surface area contributed by atoms with Crippen molar-refractivity contribution >= 4 is 33.0 Å². The number of nitrogens with zero attached hydrogens (tertiary/aromatic N) is 1. The Morgan fingerprint density at radius 2 is 1.74 bits per heavy atom. The lowest BCUT2D eigenvalue weighted by molar-refractivity contribution is 0.102. The molecule has 5 nitrogen and oxygen atoms in total. The molecule has 1 aromatic heterocycles. The smallest absolute Gasteiger partial charge is 0.267 e. The van der Waals surface area contributed by atoms with Crippen LogP contribution in [-0.2, 0) is 10.0 Å². The summed E-state index contributed by atoms with van der Waals surface area (Å²) in [7, 11) is -3.60. The van der Waals surface area contributed by atoms with E-state index in [1.807, 2.05) is 18.2 Å². The van der Waals surface area contributed by atoms with Gasteiger partial charge in [-0.2, -0.15) is 4.31 Å². The molecule has 0 atom stereocenters. The maximum Gasteiger partial charge on any atom is 0.267 e. The van der Waals surface area contributed by atoms with E-state index in [0.717, 1.165) is 30.6 Å². The van der Waals surface area contributed by atoms with Crippen LogP contribution in [0.3, 0.4) is 0 Å². The molecule has 1 aromatic carbocycles. The number of rotatable bonds is 4. The molecule has 1 saturated heterocycles. The van der Waals surface area contributed by atoms with Crippen LogP contribution in [0.2, 0.25) is 0 Å². The van der Waals surface area contributed by atoms with Crippen LogP contribution in [0.4, 0.5) is 5.69 Å². The van der Waals surface area contributed by atoms with Gasteiger partial charge in [-0.15, -0.1) is 11.3 Å². The van der Waals surface area contributed by atoms with Crippen molar-refractivity contribution in [1.82, 2.24) is 4.31 Å². The second-order valence-electron chi connectivity index (χ2n) is 5.40. The average molecular weight is 350 g/mol. The van der Waals surface area contributed by atoms with Gasteiger partial charge in [-0.25, -0.2) is 8.42 Å². The fourth-order valence-electron chi connectivity index (χ4n) is 2.62. The van der Waals surface area contributed by atoms with Crippen LogP contribution < -0.4 is 5.32 Å². The minimum Gasteiger partial charge on any atom is -0.321 e. The van der Waals surface area contributed by atoms with Crippen LogP contribution in [0, 0.1) is 0 Å². The first-order chi connectivity index (χ1) is 11.1. The predicted octanol–water partition coefficient (Wildman–Crippen LogP) is 3.18. The van der Waals surface area contributed by atoms with Gasteiger partial charge in [-0.05, 0) is 36.4 Å². The van der Waals surface area contributed by atoms with E-state index >= 15 is 0 Å². The molecule has 1 amide bonds. The molecule has 1 N–H and O–H groups in total. The number of hydrogen-bond donors (Lipinski definition) is 1. The van der Waals surface area contributed by atoms with Crippen LogP contribution in [0.25, 0.3) is 0 Å². The predicted molar refractivity (Wildman–Crippen MR) is 91.3 cm³/mol. The third kappa shape index (κ3) is 3.46. The molecule has 1 aliphatic rings. The number of nitrogens with one attached hydrogen (secondary N) is 1. The van der Waals surface area contributed by atoms with Crippen molar-refractivity contribution in [3.63, 3.8) is 0 Å². The van der Waals surface area contributed by atoms with Gasteiger partial charge in [-0.1, -0.05) is 24.6 Å². The summed E-state index contributed by atoms with van der Waals surface area (Å²) < 4.78 is 27.0. The van der Waals surface area contributed by atoms with Crippen molar-refractivity contribution in [2.24, 2.45) is 0 Å². The summed E-state index contributed by atoms with van der Waals surface area (Å²) in [5.74, 6) is -0.387. The first-order valence-corrected chi connectivity index (χ1v) is 9.85. The zero-order chi connectivity index (χ0) is 16.3. The molecule has 3 rings (SSSR count). The Labute approximate surface area is 140 Å². The SMILES string of the molecule is O=C(Nc1ccccc1)c1sccc1S(=O)(=O)N1CCCCC1. The van der Waals surface area contributed by atoms with Gasteiger partial charge in [0.2, 0.25) is 10.0 Å². The van der Waals surface area contributed by atoms with Crippen LogP contribution in [0.15, 0.2) is 46.7 Å². The van der Waals surface area contributed by atoms with Crippen LogP contribution in [0.1, 0.15) is 28.9 Å². The second-order valence-corrected chi connectivity index (χ2v) is 8.22. The van der Waals surface area contributed by atoms with Crippen LogP contribution in [-0.4, -0.2) is 31.7 Å². The van der Waals surface area contributed by atoms with E-state index in [4.69, 9.17) is 0 Å². The molecule has 0 spiro atoms. The largest absolute Gasteiger partial charge is 0.321 e. The van der Waals surface area contributed by atoms with Crippen molar-refractivity contribution in [2.75, 3.05) is 18.4 Å². The number of piperidine rings is 1. The number of amides is 1. The topological polar surface area (TPSA) is 66.5 Å². The second kappa shape index (κ2) is 6.82. The maximum absolute atomic E-state index is 12.8. The fourth-order valence-corrected chi connectivity index (χ4v) is 5.43. The molecular weight excluding hydrogens is 332 g/mol. The number of thiophene rings is 1. The summed E-state index contributed by atoms with van der Waals surface area (Å²) in [5, 5.41) is 4.40. The summed E-state index contributed by atoms with van der Waals surface area (Å²) in [6.45, 7) is 1.05. The molecule has 0 radical (unpaired) electrons. The highest BCUT2D eigenvalue weighted by Gasteiger charge is 2.30. The fraction of sp³-hybridized carbons (Fsp3) is 0.312. The first-order valence-electron chi connectivity index (χ1n) is 7.53. The summed E-state index contributed by atoms with van der Waals surface area (Å²) in [6.07, 6.45) is 2.79. The summed E-state index contributed by atoms with van der Waals surface area (Å²) in [6, 6.07) is 10.5. The number of anilines is 1. The molecule has 0 saturated carbocycles. The van der Waals surface area contributed by atoms with Gasteiger partial charge >= 0.3 is 0 Å². The van der Waals surface area contributed by atoms with Gasteiger partial charge in [0.05, 0.1) is 0 Å². The highest BCUT2D eigenvalue weighted by Crippen LogP contribution is 2.28. The van der Waals surface area contributed by atoms with Gasteiger partial charge in [-0.3, -0.25) is 4.79 Å². The molecule has 2 aromatic rings. The monoisotopic (exact) mass is 350 g/mol. The highest BCUT2D eigenvalue weighted by molar-refractivity contribution is 7.89. The maximum atomic E-state index is 12.8. The van der Waals surface area contributed by atoms with Gasteiger partial charge in [0, 0.05) is 18.8 Å². The Bertz CT molecular complexity index is 779. The minimum absolute atomic E-state index is 0.109. The van der Waals surface area contributed by atoms with Crippen LogP contribution in [0.5, 0.6) is 0 Å². The van der Waals surface area contributed by atoms with E-state index in [1.54, 1.807) is 17.5 Å². The lowest BCUT2D eigenvalue weighted by Crippen LogP contribution is -2.36. The van der Waals surface area contributed by atoms with E-state index in [-0.39, 0.29) is 15.7 Å². The Balaban J connectivity index is 1.85. The Morgan fingerprint density at radius 1 is 1.04 bits per heavy atom. The average Bonchev–Trinajstić information content (AvgIpc) is 3.07. The van der Waals surface area contributed by atoms with E-state index in [1.165, 1.54) is 10.4 Å². The zero-order valence-electron chi connectivity index (χ0n) is 12.6. The van der Waals surface area contributed by atoms with E-state index in [2.05, 4.69) is 5.32 Å². The Kier molecular flexibility index (Phi) is 4.79. The van der Waals surface area contributed by atoms with Crippen molar-refractivity contribution < 1.29 is 13.2 Å². The molecule has 2 heterocycles. The zero-order valence-corrected chi connectivity index (χ0v) is 14.2. The van der Waals surface area contributed by atoms with Gasteiger partial charge in [0.1, 0.15) is 9.77 Å². The van der Waals surface area contributed by atoms with Crippen molar-refractivity contribution in [3.8, 4) is 0 Å². The van der Waals surface area contributed by atoms with Crippen LogP contribution >= 0.6 is 11.3 Å². The lowest BCUT2D eigenvalue weighted by Gasteiger charge is -2.25. The molecule has 0 bridgehead atoms. The van der Waals surface area contributed by atoms with Crippen molar-refractivity contribution in [3.05, 3.63) is 46.7 Å². The number of sulfonamides is 1. The molecular formula is C16H18N2O3S2. The van der Waals surface area contributed by atoms with Gasteiger partial charge in [0.15, 0.2) is 0 Å². The van der Waals surface area contributed by atoms with E-state index < -0.39 is 10.0 Å². The standard InChI is InChI=1S/C16H18N2O3S2/c19-16(17-13-7-3-1-4-8-13)15-14(9-12-22-15)23(20,21)18-10-5-2-6-11-18/h1,3-4,7-9,12H,2,5-6,10-11H2,(H,17,19). The summed E-state index contributed by atoms with van der Waals surface area (Å²) in [4.78, 5) is 12.8. The normalized spacial score (nSPS) is 16.2. The Morgan fingerprint density at radius 3 is 2.43 bits per heavy atom. The summed E-state index contributed by atoms with van der Waals surface area (Å²) >= 11 is 1.15.